The first-order valence-corrected chi connectivity index (χ1v) is 11.7. The Balaban J connectivity index is 1.46. The van der Waals surface area contributed by atoms with Crippen LogP contribution in [0.5, 0.6) is 0 Å². The third-order valence-corrected chi connectivity index (χ3v) is 6.74. The van der Waals surface area contributed by atoms with Crippen molar-refractivity contribution in [3.05, 3.63) is 63.6 Å². The maximum atomic E-state index is 12.9. The predicted molar refractivity (Wildman–Crippen MR) is 131 cm³/mol. The maximum absolute atomic E-state index is 12.9. The second-order valence-electron chi connectivity index (χ2n) is 8.22. The second kappa shape index (κ2) is 9.80. The number of morpholine rings is 1. The molecular weight excluding hydrogens is 438 g/mol. The summed E-state index contributed by atoms with van der Waals surface area (Å²) in [4.78, 5) is 41.5. The molecule has 2 fully saturated rings. The average Bonchev–Trinajstić information content (AvgIpc) is 3.05. The zero-order valence-electron chi connectivity index (χ0n) is 19.0. The summed E-state index contributed by atoms with van der Waals surface area (Å²) in [5, 5.41) is 2.39. The van der Waals surface area contributed by atoms with E-state index in [4.69, 9.17) is 4.74 Å². The zero-order chi connectivity index (χ0) is 23.5. The largest absolute Gasteiger partial charge is 0.378 e. The van der Waals surface area contributed by atoms with Crippen LogP contribution in [0.15, 0.2) is 41.3 Å². The summed E-state index contributed by atoms with van der Waals surface area (Å²) in [6, 6.07) is 11.8. The van der Waals surface area contributed by atoms with Crippen LogP contribution in [-0.4, -0.2) is 54.8 Å². The molecule has 2 heterocycles. The van der Waals surface area contributed by atoms with Gasteiger partial charge in [0.2, 0.25) is 5.91 Å². The predicted octanol–water partition coefficient (Wildman–Crippen LogP) is 4.12. The van der Waals surface area contributed by atoms with Crippen molar-refractivity contribution in [2.24, 2.45) is 0 Å². The standard InChI is InChI=1S/C25H27N3O4S/c1-16-5-4-6-17(2)23(16)26-22(29)15-28-24(30)21(33-25(28)31)14-19-7-8-20(13-18(19)3)27-9-11-32-12-10-27/h4-8,13-14H,9-12,15H2,1-3H3,(H,26,29)/b21-14+. The van der Waals surface area contributed by atoms with Gasteiger partial charge in [-0.15, -0.1) is 0 Å². The minimum absolute atomic E-state index is 0.315. The van der Waals surface area contributed by atoms with Gasteiger partial charge in [0, 0.05) is 24.5 Å². The molecular formula is C25H27N3O4S. The second-order valence-corrected chi connectivity index (χ2v) is 9.22. The highest BCUT2D eigenvalue weighted by Gasteiger charge is 2.36. The first-order chi connectivity index (χ1) is 15.8. The van der Waals surface area contributed by atoms with Gasteiger partial charge in [0.25, 0.3) is 11.1 Å². The van der Waals surface area contributed by atoms with Gasteiger partial charge < -0.3 is 15.0 Å². The van der Waals surface area contributed by atoms with Gasteiger partial charge in [-0.3, -0.25) is 19.3 Å². The Hall–Kier alpha value is -3.10. The van der Waals surface area contributed by atoms with E-state index in [0.717, 1.165) is 57.7 Å². The zero-order valence-corrected chi connectivity index (χ0v) is 19.8. The van der Waals surface area contributed by atoms with Gasteiger partial charge in [0.1, 0.15) is 6.54 Å². The van der Waals surface area contributed by atoms with Crippen LogP contribution in [0.2, 0.25) is 0 Å². The van der Waals surface area contributed by atoms with Gasteiger partial charge in [-0.2, -0.15) is 0 Å². The van der Waals surface area contributed by atoms with E-state index in [0.29, 0.717) is 23.8 Å². The molecule has 0 spiro atoms. The van der Waals surface area contributed by atoms with E-state index >= 15 is 0 Å². The fourth-order valence-electron chi connectivity index (χ4n) is 3.95. The number of carbonyl (C=O) groups excluding carboxylic acids is 3. The molecule has 3 amide bonds. The molecule has 2 aliphatic heterocycles. The van der Waals surface area contributed by atoms with Crippen molar-refractivity contribution >= 4 is 46.3 Å². The SMILES string of the molecule is Cc1cc(N2CCOCC2)ccc1/C=C1/SC(=O)N(CC(=O)Nc2c(C)cccc2C)C1=O. The van der Waals surface area contributed by atoms with Crippen molar-refractivity contribution in [2.75, 3.05) is 43.1 Å². The Morgan fingerprint density at radius 1 is 1.06 bits per heavy atom. The number of nitrogens with zero attached hydrogens (tertiary/aromatic N) is 2. The van der Waals surface area contributed by atoms with Crippen molar-refractivity contribution in [3.8, 4) is 0 Å². The quantitative estimate of drug-likeness (QED) is 0.669. The molecule has 0 unspecified atom stereocenters. The maximum Gasteiger partial charge on any atom is 0.294 e. The number of para-hydroxylation sites is 1. The first-order valence-electron chi connectivity index (χ1n) is 10.9. The molecule has 2 aliphatic rings. The molecule has 2 saturated heterocycles. The summed E-state index contributed by atoms with van der Waals surface area (Å²) in [6.07, 6.45) is 1.73. The highest BCUT2D eigenvalue weighted by Crippen LogP contribution is 2.33. The number of ether oxygens (including phenoxy) is 1. The molecule has 33 heavy (non-hydrogen) atoms. The number of nitrogens with one attached hydrogen (secondary N) is 1. The molecule has 7 nitrogen and oxygen atoms in total. The van der Waals surface area contributed by atoms with Crippen molar-refractivity contribution in [1.29, 1.82) is 0 Å². The number of aryl methyl sites for hydroxylation is 3. The number of thioether (sulfide) groups is 1. The van der Waals surface area contributed by atoms with E-state index in [1.54, 1.807) is 6.08 Å². The van der Waals surface area contributed by atoms with E-state index in [2.05, 4.69) is 16.3 Å². The van der Waals surface area contributed by atoms with Crippen LogP contribution >= 0.6 is 11.8 Å². The van der Waals surface area contributed by atoms with Gasteiger partial charge in [-0.25, -0.2) is 0 Å². The Labute approximate surface area is 197 Å². The monoisotopic (exact) mass is 465 g/mol. The first kappa shape index (κ1) is 23.1. The summed E-state index contributed by atoms with van der Waals surface area (Å²) < 4.78 is 5.41. The van der Waals surface area contributed by atoms with Crippen molar-refractivity contribution < 1.29 is 19.1 Å². The van der Waals surface area contributed by atoms with Crippen LogP contribution in [0.4, 0.5) is 16.2 Å². The molecule has 0 bridgehead atoms. The smallest absolute Gasteiger partial charge is 0.294 e. The highest BCUT2D eigenvalue weighted by atomic mass is 32.2. The molecule has 0 radical (unpaired) electrons. The Morgan fingerprint density at radius 2 is 1.76 bits per heavy atom. The summed E-state index contributed by atoms with van der Waals surface area (Å²) in [7, 11) is 0. The lowest BCUT2D eigenvalue weighted by Crippen LogP contribution is -2.36. The van der Waals surface area contributed by atoms with Crippen LogP contribution < -0.4 is 10.2 Å². The lowest BCUT2D eigenvalue weighted by molar-refractivity contribution is -0.127. The van der Waals surface area contributed by atoms with E-state index in [-0.39, 0.29) is 6.54 Å². The molecule has 1 N–H and O–H groups in total. The van der Waals surface area contributed by atoms with Gasteiger partial charge in [0.05, 0.1) is 18.1 Å². The van der Waals surface area contributed by atoms with Crippen LogP contribution in [-0.2, 0) is 14.3 Å². The van der Waals surface area contributed by atoms with Crippen LogP contribution in [0.3, 0.4) is 0 Å². The molecule has 2 aromatic rings. The minimum atomic E-state index is -0.446. The molecule has 0 atom stereocenters. The van der Waals surface area contributed by atoms with Crippen LogP contribution in [0, 0.1) is 20.8 Å². The number of amides is 3. The fraction of sp³-hybridized carbons (Fsp3) is 0.320. The summed E-state index contributed by atoms with van der Waals surface area (Å²) in [6.45, 7) is 8.60. The van der Waals surface area contributed by atoms with Gasteiger partial charge >= 0.3 is 0 Å². The summed E-state index contributed by atoms with van der Waals surface area (Å²) >= 11 is 0.864. The topological polar surface area (TPSA) is 79.0 Å². The number of anilines is 2. The lowest BCUT2D eigenvalue weighted by atomic mass is 10.1. The van der Waals surface area contributed by atoms with Gasteiger partial charge in [0.15, 0.2) is 0 Å². The lowest BCUT2D eigenvalue weighted by Gasteiger charge is -2.29. The Morgan fingerprint density at radius 3 is 2.42 bits per heavy atom. The molecule has 0 saturated carbocycles. The van der Waals surface area contributed by atoms with Crippen LogP contribution in [0.1, 0.15) is 22.3 Å². The molecule has 0 aliphatic carbocycles. The molecule has 0 aromatic heterocycles. The number of imide groups is 1. The van der Waals surface area contributed by atoms with Crippen molar-refractivity contribution in [2.45, 2.75) is 20.8 Å². The highest BCUT2D eigenvalue weighted by molar-refractivity contribution is 8.18. The van der Waals surface area contributed by atoms with Gasteiger partial charge in [-0.05, 0) is 73.0 Å². The third kappa shape index (κ3) is 5.12. The normalized spacial score (nSPS) is 17.7. The van der Waals surface area contributed by atoms with E-state index in [9.17, 15) is 14.4 Å². The third-order valence-electron chi connectivity index (χ3n) is 5.84. The summed E-state index contributed by atoms with van der Waals surface area (Å²) in [5.74, 6) is -0.847. The Bertz CT molecular complexity index is 1120. The summed E-state index contributed by atoms with van der Waals surface area (Å²) in [5.41, 5.74) is 5.56. The van der Waals surface area contributed by atoms with E-state index in [1.807, 2.05) is 51.1 Å². The number of benzene rings is 2. The van der Waals surface area contributed by atoms with Crippen LogP contribution in [0.25, 0.3) is 6.08 Å². The number of rotatable bonds is 5. The number of carbonyl (C=O) groups is 3. The molecule has 8 heteroatoms. The Kier molecular flexibility index (Phi) is 6.85. The van der Waals surface area contributed by atoms with E-state index < -0.39 is 17.1 Å². The number of hydrogen-bond acceptors (Lipinski definition) is 6. The molecule has 2 aromatic carbocycles. The number of hydrogen-bond donors (Lipinski definition) is 1. The average molecular weight is 466 g/mol. The van der Waals surface area contributed by atoms with Gasteiger partial charge in [-0.1, -0.05) is 24.3 Å². The molecule has 4 rings (SSSR count). The minimum Gasteiger partial charge on any atom is -0.378 e. The van der Waals surface area contributed by atoms with Crippen molar-refractivity contribution in [1.82, 2.24) is 4.90 Å². The van der Waals surface area contributed by atoms with Crippen molar-refractivity contribution in [3.63, 3.8) is 0 Å². The molecule has 172 valence electrons. The fourth-order valence-corrected chi connectivity index (χ4v) is 4.78. The van der Waals surface area contributed by atoms with E-state index in [1.165, 1.54) is 0 Å².